The van der Waals surface area contributed by atoms with Crippen LogP contribution >= 0.6 is 0 Å². The highest BCUT2D eigenvalue weighted by atomic mass is 16.4. The fourth-order valence-corrected chi connectivity index (χ4v) is 4.49. The predicted octanol–water partition coefficient (Wildman–Crippen LogP) is -3.20. The van der Waals surface area contributed by atoms with Crippen LogP contribution in [0.4, 0.5) is 0 Å². The summed E-state index contributed by atoms with van der Waals surface area (Å²) in [6.45, 7) is 10.3. The number of aliphatic hydroxyl groups is 2. The summed E-state index contributed by atoms with van der Waals surface area (Å²) in [5, 5.41) is 42.6. The van der Waals surface area contributed by atoms with Gasteiger partial charge in [0.2, 0.25) is 35.4 Å². The van der Waals surface area contributed by atoms with Crippen LogP contribution in [-0.4, -0.2) is 119 Å². The molecule has 0 aromatic rings. The molecule has 282 valence electrons. The van der Waals surface area contributed by atoms with Gasteiger partial charge in [-0.3, -0.25) is 28.8 Å². The number of carbonyl (C=O) groups excluding carboxylic acids is 6. The van der Waals surface area contributed by atoms with Crippen LogP contribution in [0.25, 0.3) is 0 Å². The molecule has 0 aromatic carbocycles. The lowest BCUT2D eigenvalue weighted by Crippen LogP contribution is -2.61. The molecule has 0 saturated carbocycles. The average Bonchev–Trinajstić information content (AvgIpc) is 3.04. The van der Waals surface area contributed by atoms with Gasteiger partial charge in [-0.1, -0.05) is 48.0 Å². The Kier molecular flexibility index (Phi) is 20.9. The molecule has 8 atom stereocenters. The molecule has 0 bridgehead atoms. The van der Waals surface area contributed by atoms with E-state index in [2.05, 4.69) is 31.9 Å². The first-order chi connectivity index (χ1) is 22.9. The third kappa shape index (κ3) is 15.5. The van der Waals surface area contributed by atoms with Gasteiger partial charge in [0.05, 0.1) is 13.2 Å². The molecular weight excluding hydrogens is 644 g/mol. The lowest BCUT2D eigenvalue weighted by Gasteiger charge is -2.29. The minimum absolute atomic E-state index is 0.162. The van der Waals surface area contributed by atoms with Crippen molar-refractivity contribution >= 4 is 41.4 Å². The Morgan fingerprint density at radius 3 is 1.51 bits per heavy atom. The topological polar surface area (TPSA) is 304 Å². The number of nitrogens with one attached hydrogen (secondary N) is 6. The number of rotatable bonds is 23. The van der Waals surface area contributed by atoms with Crippen molar-refractivity contribution in [3.8, 4) is 0 Å². The van der Waals surface area contributed by atoms with Crippen LogP contribution in [0.2, 0.25) is 0 Å². The fourth-order valence-electron chi connectivity index (χ4n) is 4.49. The summed E-state index contributed by atoms with van der Waals surface area (Å²) in [5.74, 6) is -7.21. The second-order valence-electron chi connectivity index (χ2n) is 12.8. The summed E-state index contributed by atoms with van der Waals surface area (Å²) in [4.78, 5) is 89.5. The van der Waals surface area contributed by atoms with Gasteiger partial charge in [-0.15, -0.1) is 0 Å². The zero-order valence-electron chi connectivity index (χ0n) is 29.6. The van der Waals surface area contributed by atoms with E-state index in [1.54, 1.807) is 34.6 Å². The molecule has 0 heterocycles. The molecule has 0 aromatic heterocycles. The molecule has 18 nitrogen and oxygen atoms in total. The van der Waals surface area contributed by atoms with Crippen LogP contribution in [0.15, 0.2) is 0 Å². The summed E-state index contributed by atoms with van der Waals surface area (Å²) < 4.78 is 0. The second-order valence-corrected chi connectivity index (χ2v) is 12.8. The Labute approximate surface area is 287 Å². The van der Waals surface area contributed by atoms with E-state index >= 15 is 0 Å². The molecule has 0 spiro atoms. The van der Waals surface area contributed by atoms with Crippen LogP contribution in [0.3, 0.4) is 0 Å². The Morgan fingerprint density at radius 2 is 1.06 bits per heavy atom. The highest BCUT2D eigenvalue weighted by Crippen LogP contribution is 2.12. The normalized spacial score (nSPS) is 16.2. The smallest absolute Gasteiger partial charge is 0.328 e. The van der Waals surface area contributed by atoms with Crippen molar-refractivity contribution in [2.24, 2.45) is 29.2 Å². The van der Waals surface area contributed by atoms with E-state index in [9.17, 15) is 43.8 Å². The van der Waals surface area contributed by atoms with Crippen molar-refractivity contribution in [1.29, 1.82) is 0 Å². The maximum Gasteiger partial charge on any atom is 0.328 e. The minimum Gasteiger partial charge on any atom is -0.480 e. The third-order valence-electron chi connectivity index (χ3n) is 7.95. The molecule has 13 N–H and O–H groups in total. The number of carboxylic acid groups (broad SMARTS) is 1. The molecule has 0 aliphatic heterocycles. The number of carbonyl (C=O) groups is 7. The molecule has 0 fully saturated rings. The van der Waals surface area contributed by atoms with Crippen molar-refractivity contribution in [1.82, 2.24) is 31.9 Å². The first kappa shape index (κ1) is 45.1. The van der Waals surface area contributed by atoms with Crippen LogP contribution < -0.4 is 43.4 Å². The Balaban J connectivity index is 5.87. The molecule has 0 aliphatic rings. The van der Waals surface area contributed by atoms with E-state index in [4.69, 9.17) is 16.6 Å². The van der Waals surface area contributed by atoms with Crippen LogP contribution in [0.1, 0.15) is 74.1 Å². The zero-order valence-corrected chi connectivity index (χ0v) is 29.6. The number of unbranched alkanes of at least 4 members (excludes halogenated alkanes) is 1. The van der Waals surface area contributed by atoms with Gasteiger partial charge in [0.25, 0.3) is 0 Å². The SMILES string of the molecule is CC[C@H](C)[C@H](NC(=O)[C@@H](N)CO)C(=O)N[C@@H](CCCCN)C(=O)N[C@H](C(=O)N[C@@H](C)C(=O)N[C@H](C(=O)N[C@@H](CO)C(=O)O)C(C)C)C(C)C. The van der Waals surface area contributed by atoms with Gasteiger partial charge < -0.3 is 58.7 Å². The molecule has 0 unspecified atom stereocenters. The Bertz CT molecular complexity index is 1120. The molecule has 18 heteroatoms. The first-order valence-corrected chi connectivity index (χ1v) is 16.6. The Hall–Kier alpha value is -3.87. The van der Waals surface area contributed by atoms with Crippen molar-refractivity contribution < 1.29 is 48.9 Å². The molecule has 49 heavy (non-hydrogen) atoms. The number of aliphatic hydroxyl groups excluding tert-OH is 2. The van der Waals surface area contributed by atoms with Crippen molar-refractivity contribution in [2.45, 2.75) is 116 Å². The maximum absolute atomic E-state index is 13.5. The van der Waals surface area contributed by atoms with Crippen molar-refractivity contribution in [3.63, 3.8) is 0 Å². The average molecular weight is 703 g/mol. The van der Waals surface area contributed by atoms with Crippen LogP contribution in [-0.2, 0) is 33.6 Å². The maximum atomic E-state index is 13.5. The molecule has 0 aliphatic carbocycles. The molecule has 0 rings (SSSR count). The summed E-state index contributed by atoms with van der Waals surface area (Å²) >= 11 is 0. The first-order valence-electron chi connectivity index (χ1n) is 16.6. The van der Waals surface area contributed by atoms with Crippen LogP contribution in [0, 0.1) is 17.8 Å². The third-order valence-corrected chi connectivity index (χ3v) is 7.95. The van der Waals surface area contributed by atoms with Crippen molar-refractivity contribution in [2.75, 3.05) is 19.8 Å². The van der Waals surface area contributed by atoms with E-state index in [-0.39, 0.29) is 12.3 Å². The van der Waals surface area contributed by atoms with E-state index < -0.39 is 109 Å². The minimum atomic E-state index is -1.58. The second kappa shape index (κ2) is 22.7. The van der Waals surface area contributed by atoms with Gasteiger partial charge in [-0.05, 0) is 50.5 Å². The summed E-state index contributed by atoms with van der Waals surface area (Å²) in [6.07, 6.45) is 1.65. The summed E-state index contributed by atoms with van der Waals surface area (Å²) in [5.41, 5.74) is 11.2. The van der Waals surface area contributed by atoms with Gasteiger partial charge >= 0.3 is 5.97 Å². The molecule has 0 radical (unpaired) electrons. The standard InChI is InChI=1S/C31H58N8O10/c1-8-17(6)24(39-26(43)19(33)13-40)30(47)35-20(11-9-10-12-32)27(44)38-22(15(2)3)28(45)34-18(7)25(42)37-23(16(4)5)29(46)36-21(14-41)31(48)49/h15-24,40-41H,8-14,32-33H2,1-7H3,(H,34,45)(H,35,47)(H,36,46)(H,37,42)(H,38,44)(H,39,43)(H,48,49)/t17-,18-,19-,20-,21-,22-,23-,24-/m0/s1. The largest absolute Gasteiger partial charge is 0.480 e. The number of amides is 6. The number of aliphatic carboxylic acids is 1. The van der Waals surface area contributed by atoms with Gasteiger partial charge in [-0.25, -0.2) is 4.79 Å². The highest BCUT2D eigenvalue weighted by molar-refractivity contribution is 5.97. The summed E-state index contributed by atoms with van der Waals surface area (Å²) in [6, 6.07) is -8.57. The van der Waals surface area contributed by atoms with Gasteiger partial charge in [0.15, 0.2) is 0 Å². The molecule has 0 saturated heterocycles. The monoisotopic (exact) mass is 702 g/mol. The quantitative estimate of drug-likeness (QED) is 0.0469. The number of carboxylic acids is 1. The molecular formula is C31H58N8O10. The van der Waals surface area contributed by atoms with Crippen LogP contribution in [0.5, 0.6) is 0 Å². The number of nitrogens with two attached hydrogens (primary N) is 2. The van der Waals surface area contributed by atoms with E-state index in [0.717, 1.165) is 0 Å². The molecule has 6 amide bonds. The van der Waals surface area contributed by atoms with E-state index in [1.807, 2.05) is 6.92 Å². The van der Waals surface area contributed by atoms with Gasteiger partial charge in [0, 0.05) is 0 Å². The van der Waals surface area contributed by atoms with Gasteiger partial charge in [-0.2, -0.15) is 0 Å². The fraction of sp³-hybridized carbons (Fsp3) is 0.774. The number of hydrogen-bond donors (Lipinski definition) is 11. The zero-order chi connectivity index (χ0) is 38.0. The predicted molar refractivity (Wildman–Crippen MR) is 179 cm³/mol. The van der Waals surface area contributed by atoms with E-state index in [0.29, 0.717) is 25.8 Å². The van der Waals surface area contributed by atoms with E-state index in [1.165, 1.54) is 6.92 Å². The van der Waals surface area contributed by atoms with Gasteiger partial charge in [0.1, 0.15) is 42.3 Å². The van der Waals surface area contributed by atoms with Crippen molar-refractivity contribution in [3.05, 3.63) is 0 Å². The highest BCUT2D eigenvalue weighted by Gasteiger charge is 2.35. The lowest BCUT2D eigenvalue weighted by atomic mass is 9.96. The lowest BCUT2D eigenvalue weighted by molar-refractivity contribution is -0.143. The Morgan fingerprint density at radius 1 is 0.592 bits per heavy atom. The number of hydrogen-bond acceptors (Lipinski definition) is 11. The summed E-state index contributed by atoms with van der Waals surface area (Å²) in [7, 11) is 0.